The molecule has 2 N–H and O–H groups in total. The molecule has 2 amide bonds. The van der Waals surface area contributed by atoms with Gasteiger partial charge in [0.25, 0.3) is 0 Å². The standard InChI is InChI=1S/C21H30N4O2/c1-5-22-20(26)23-19-12-15(21(19,2)3)11-16-13-18(27-24-16)14-25(4)17-9-7-6-8-10-17/h6-10,13,15,19H,5,11-12,14H2,1-4H3,(H2,22,23,26)/t15-,19+/m1/s1. The van der Waals surface area contributed by atoms with Crippen molar-refractivity contribution in [3.63, 3.8) is 0 Å². The summed E-state index contributed by atoms with van der Waals surface area (Å²) in [6.07, 6.45) is 1.84. The smallest absolute Gasteiger partial charge is 0.315 e. The van der Waals surface area contributed by atoms with E-state index in [0.717, 1.165) is 30.0 Å². The predicted octanol–water partition coefficient (Wildman–Crippen LogP) is 3.59. The zero-order chi connectivity index (χ0) is 19.4. The summed E-state index contributed by atoms with van der Waals surface area (Å²) in [7, 11) is 2.05. The highest BCUT2D eigenvalue weighted by Crippen LogP contribution is 2.47. The summed E-state index contributed by atoms with van der Waals surface area (Å²) < 4.78 is 5.55. The van der Waals surface area contributed by atoms with Crippen LogP contribution in [0.2, 0.25) is 0 Å². The average molecular weight is 370 g/mol. The molecule has 0 unspecified atom stereocenters. The van der Waals surface area contributed by atoms with Crippen LogP contribution < -0.4 is 15.5 Å². The first kappa shape index (κ1) is 19.3. The van der Waals surface area contributed by atoms with Crippen LogP contribution in [-0.2, 0) is 13.0 Å². The third-order valence-corrected chi connectivity index (χ3v) is 5.77. The Hall–Kier alpha value is -2.50. The second kappa shape index (κ2) is 8.03. The van der Waals surface area contributed by atoms with E-state index in [1.54, 1.807) is 0 Å². The second-order valence-electron chi connectivity index (χ2n) is 7.99. The topological polar surface area (TPSA) is 70.4 Å². The zero-order valence-corrected chi connectivity index (χ0v) is 16.7. The van der Waals surface area contributed by atoms with Crippen LogP contribution in [0.15, 0.2) is 40.9 Å². The number of aromatic nitrogens is 1. The number of carbonyl (C=O) groups excluding carboxylic acids is 1. The van der Waals surface area contributed by atoms with Crippen molar-refractivity contribution in [2.75, 3.05) is 18.5 Å². The number of anilines is 1. The van der Waals surface area contributed by atoms with Crippen molar-refractivity contribution in [2.45, 2.75) is 46.2 Å². The molecule has 0 saturated heterocycles. The first-order valence-corrected chi connectivity index (χ1v) is 9.65. The van der Waals surface area contributed by atoms with Crippen molar-refractivity contribution in [2.24, 2.45) is 11.3 Å². The summed E-state index contributed by atoms with van der Waals surface area (Å²) in [5.74, 6) is 1.35. The molecule has 1 saturated carbocycles. The van der Waals surface area contributed by atoms with Gasteiger partial charge < -0.3 is 20.1 Å². The second-order valence-corrected chi connectivity index (χ2v) is 7.99. The number of urea groups is 1. The maximum atomic E-state index is 11.8. The molecule has 0 aliphatic heterocycles. The van der Waals surface area contributed by atoms with Crippen molar-refractivity contribution in [1.29, 1.82) is 0 Å². The number of benzene rings is 1. The minimum Gasteiger partial charge on any atom is -0.367 e. The Balaban J connectivity index is 1.53. The van der Waals surface area contributed by atoms with Crippen molar-refractivity contribution >= 4 is 11.7 Å². The van der Waals surface area contributed by atoms with E-state index in [1.807, 2.05) is 32.2 Å². The van der Waals surface area contributed by atoms with Gasteiger partial charge in [-0.05, 0) is 43.2 Å². The normalized spacial score (nSPS) is 20.6. The molecule has 1 heterocycles. The molecule has 2 atom stereocenters. The number of nitrogens with one attached hydrogen (secondary N) is 2. The number of hydrogen-bond acceptors (Lipinski definition) is 4. The number of nitrogens with zero attached hydrogens (tertiary/aromatic N) is 2. The molecule has 0 spiro atoms. The van der Waals surface area contributed by atoms with Crippen molar-refractivity contribution < 1.29 is 9.32 Å². The van der Waals surface area contributed by atoms with Crippen LogP contribution in [0.5, 0.6) is 0 Å². The lowest BCUT2D eigenvalue weighted by Gasteiger charge is -2.52. The van der Waals surface area contributed by atoms with Crippen LogP contribution in [0.3, 0.4) is 0 Å². The third-order valence-electron chi connectivity index (χ3n) is 5.77. The van der Waals surface area contributed by atoms with E-state index < -0.39 is 0 Å². The fourth-order valence-corrected chi connectivity index (χ4v) is 3.76. The van der Waals surface area contributed by atoms with Gasteiger partial charge in [0.05, 0.1) is 12.2 Å². The van der Waals surface area contributed by atoms with Gasteiger partial charge in [-0.25, -0.2) is 4.79 Å². The van der Waals surface area contributed by atoms with E-state index in [4.69, 9.17) is 4.52 Å². The molecule has 1 aliphatic carbocycles. The predicted molar refractivity (Wildman–Crippen MR) is 107 cm³/mol. The third kappa shape index (κ3) is 4.43. The number of para-hydroxylation sites is 1. The molecule has 146 valence electrons. The van der Waals surface area contributed by atoms with E-state index >= 15 is 0 Å². The van der Waals surface area contributed by atoms with E-state index in [9.17, 15) is 4.79 Å². The average Bonchev–Trinajstić information content (AvgIpc) is 3.09. The van der Waals surface area contributed by atoms with Crippen LogP contribution in [0, 0.1) is 11.3 Å². The maximum absolute atomic E-state index is 11.8. The molecule has 0 bridgehead atoms. The monoisotopic (exact) mass is 370 g/mol. The van der Waals surface area contributed by atoms with E-state index in [2.05, 4.69) is 52.7 Å². The van der Waals surface area contributed by atoms with Crippen LogP contribution in [0.4, 0.5) is 10.5 Å². The Morgan fingerprint density at radius 1 is 1.33 bits per heavy atom. The largest absolute Gasteiger partial charge is 0.367 e. The zero-order valence-electron chi connectivity index (χ0n) is 16.7. The lowest BCUT2D eigenvalue weighted by atomic mass is 9.57. The molecule has 1 aromatic carbocycles. The summed E-state index contributed by atoms with van der Waals surface area (Å²) >= 11 is 0. The van der Waals surface area contributed by atoms with Gasteiger partial charge in [-0.3, -0.25) is 0 Å². The number of rotatable bonds is 7. The van der Waals surface area contributed by atoms with Gasteiger partial charge in [0, 0.05) is 31.4 Å². The summed E-state index contributed by atoms with van der Waals surface area (Å²) in [5, 5.41) is 10.1. The van der Waals surface area contributed by atoms with Crippen molar-refractivity contribution in [3.05, 3.63) is 47.9 Å². The van der Waals surface area contributed by atoms with Gasteiger partial charge in [-0.15, -0.1) is 0 Å². The number of carbonyl (C=O) groups is 1. The Morgan fingerprint density at radius 3 is 2.74 bits per heavy atom. The van der Waals surface area contributed by atoms with Gasteiger partial charge in [0.15, 0.2) is 5.76 Å². The maximum Gasteiger partial charge on any atom is 0.315 e. The van der Waals surface area contributed by atoms with Gasteiger partial charge >= 0.3 is 6.03 Å². The van der Waals surface area contributed by atoms with Gasteiger partial charge in [0.1, 0.15) is 0 Å². The molecular weight excluding hydrogens is 340 g/mol. The lowest BCUT2D eigenvalue weighted by molar-refractivity contribution is 0.0201. The van der Waals surface area contributed by atoms with Crippen LogP contribution in [0.1, 0.15) is 38.6 Å². The molecule has 1 aliphatic rings. The van der Waals surface area contributed by atoms with Crippen LogP contribution in [0.25, 0.3) is 0 Å². The van der Waals surface area contributed by atoms with Gasteiger partial charge in [-0.1, -0.05) is 37.2 Å². The summed E-state index contributed by atoms with van der Waals surface area (Å²) in [5.41, 5.74) is 2.18. The molecule has 27 heavy (non-hydrogen) atoms. The van der Waals surface area contributed by atoms with Gasteiger partial charge in [-0.2, -0.15) is 0 Å². The first-order chi connectivity index (χ1) is 12.9. The molecular formula is C21H30N4O2. The minimum absolute atomic E-state index is 0.0467. The highest BCUT2D eigenvalue weighted by molar-refractivity contribution is 5.74. The van der Waals surface area contributed by atoms with Crippen molar-refractivity contribution in [3.8, 4) is 0 Å². The Labute approximate surface area is 161 Å². The molecule has 2 aromatic rings. The fourth-order valence-electron chi connectivity index (χ4n) is 3.76. The minimum atomic E-state index is -0.0818. The molecule has 1 fully saturated rings. The summed E-state index contributed by atoms with van der Waals surface area (Å²) in [4.78, 5) is 13.9. The first-order valence-electron chi connectivity index (χ1n) is 9.65. The molecule has 6 heteroatoms. The van der Waals surface area contributed by atoms with Crippen LogP contribution in [-0.4, -0.2) is 30.8 Å². The fraction of sp³-hybridized carbons (Fsp3) is 0.524. The van der Waals surface area contributed by atoms with E-state index in [-0.39, 0.29) is 17.5 Å². The molecule has 0 radical (unpaired) electrons. The van der Waals surface area contributed by atoms with E-state index in [1.165, 1.54) is 0 Å². The summed E-state index contributed by atoms with van der Waals surface area (Å²) in [6.45, 7) is 7.67. The van der Waals surface area contributed by atoms with Crippen LogP contribution >= 0.6 is 0 Å². The lowest BCUT2D eigenvalue weighted by Crippen LogP contribution is -2.60. The Kier molecular flexibility index (Phi) is 5.73. The highest BCUT2D eigenvalue weighted by atomic mass is 16.5. The number of amides is 2. The SMILES string of the molecule is CCNC(=O)N[C@H]1C[C@@H](Cc2cc(CN(C)c3ccccc3)on2)C1(C)C. The van der Waals surface area contributed by atoms with Gasteiger partial charge in [0.2, 0.25) is 0 Å². The van der Waals surface area contributed by atoms with E-state index in [0.29, 0.717) is 19.0 Å². The highest BCUT2D eigenvalue weighted by Gasteiger charge is 2.48. The quantitative estimate of drug-likeness (QED) is 0.781. The molecule has 1 aromatic heterocycles. The number of hydrogen-bond donors (Lipinski definition) is 2. The Morgan fingerprint density at radius 2 is 2.07 bits per heavy atom. The Bertz CT molecular complexity index is 757. The molecule has 6 nitrogen and oxygen atoms in total. The summed E-state index contributed by atoms with van der Waals surface area (Å²) in [6, 6.07) is 12.4. The molecule has 3 rings (SSSR count). The van der Waals surface area contributed by atoms with Crippen molar-refractivity contribution in [1.82, 2.24) is 15.8 Å².